The second-order valence-electron chi connectivity index (χ2n) is 5.71. The molecule has 0 spiro atoms. The van der Waals surface area contributed by atoms with E-state index in [1.807, 2.05) is 0 Å². The van der Waals surface area contributed by atoms with E-state index in [-0.39, 0.29) is 48.2 Å². The average Bonchev–Trinajstić information content (AvgIpc) is 2.38. The molecule has 0 aliphatic rings. The van der Waals surface area contributed by atoms with Crippen LogP contribution in [-0.2, 0) is 14.9 Å². The summed E-state index contributed by atoms with van der Waals surface area (Å²) < 4.78 is 29.8. The quantitative estimate of drug-likeness (QED) is 0.262. The predicted molar refractivity (Wildman–Crippen MR) is 81.4 cm³/mol. The first-order valence-electron chi connectivity index (χ1n) is 8.03. The van der Waals surface area contributed by atoms with Gasteiger partial charge in [-0.05, 0) is 25.2 Å². The maximum Gasteiger partial charge on any atom is 1.00 e. The van der Waals surface area contributed by atoms with Gasteiger partial charge in [-0.2, -0.15) is 8.42 Å². The molecule has 0 aliphatic carbocycles. The van der Waals surface area contributed by atoms with Gasteiger partial charge in [0.1, 0.15) is 0 Å². The van der Waals surface area contributed by atoms with Gasteiger partial charge in [0, 0.05) is 5.97 Å². The summed E-state index contributed by atoms with van der Waals surface area (Å²) in [7, 11) is -4.00. The Hall–Kier alpha value is 0.380. The third kappa shape index (κ3) is 16.7. The second kappa shape index (κ2) is 14.9. The molecule has 0 radical (unpaired) electrons. The van der Waals surface area contributed by atoms with E-state index in [0.29, 0.717) is 6.42 Å². The number of hydrogen-bond acceptors (Lipinski definition) is 4. The van der Waals surface area contributed by atoms with Crippen LogP contribution in [0.4, 0.5) is 0 Å². The molecule has 0 aromatic carbocycles. The minimum atomic E-state index is -4.00. The summed E-state index contributed by atoms with van der Waals surface area (Å²) in [6.07, 6.45) is 10.1. The minimum Gasteiger partial charge on any atom is -0.550 e. The number of unbranched alkanes of at least 4 members (excludes halogenated alkanes) is 7. The zero-order valence-corrected chi connectivity index (χ0v) is 16.9. The SMILES string of the molecule is CCCCCCCCCCC(CCCS(=O)(=O)O)C(=O)[O-].[Na+]. The third-order valence-electron chi connectivity index (χ3n) is 3.69. The van der Waals surface area contributed by atoms with Crippen molar-refractivity contribution in [2.45, 2.75) is 77.6 Å². The molecule has 0 aromatic rings. The molecule has 0 aromatic heterocycles. The summed E-state index contributed by atoms with van der Waals surface area (Å²) in [5, 5.41) is 11.0. The summed E-state index contributed by atoms with van der Waals surface area (Å²) in [5.74, 6) is -2.10. The molecule has 1 atom stereocenters. The smallest absolute Gasteiger partial charge is 0.550 e. The molecule has 5 nitrogen and oxygen atoms in total. The maximum atomic E-state index is 11.0. The van der Waals surface area contributed by atoms with E-state index in [0.717, 1.165) is 19.3 Å². The van der Waals surface area contributed by atoms with Crippen LogP contribution in [0, 0.1) is 5.92 Å². The summed E-state index contributed by atoms with van der Waals surface area (Å²) >= 11 is 0. The monoisotopic (exact) mass is 344 g/mol. The Morgan fingerprint density at radius 1 is 0.955 bits per heavy atom. The Balaban J connectivity index is 0. The summed E-state index contributed by atoms with van der Waals surface area (Å²) in [5.41, 5.74) is 0. The number of hydrogen-bond donors (Lipinski definition) is 1. The van der Waals surface area contributed by atoms with Crippen LogP contribution in [0.3, 0.4) is 0 Å². The first-order valence-corrected chi connectivity index (χ1v) is 9.63. The van der Waals surface area contributed by atoms with Gasteiger partial charge in [0.15, 0.2) is 0 Å². The van der Waals surface area contributed by atoms with Crippen LogP contribution in [0.1, 0.15) is 77.6 Å². The second-order valence-corrected chi connectivity index (χ2v) is 7.28. The molecule has 1 unspecified atom stereocenters. The van der Waals surface area contributed by atoms with Gasteiger partial charge in [-0.15, -0.1) is 0 Å². The van der Waals surface area contributed by atoms with E-state index >= 15 is 0 Å². The topological polar surface area (TPSA) is 94.5 Å². The van der Waals surface area contributed by atoms with Gasteiger partial charge in [-0.1, -0.05) is 58.3 Å². The van der Waals surface area contributed by atoms with Crippen molar-refractivity contribution in [3.05, 3.63) is 0 Å². The molecule has 0 saturated heterocycles. The van der Waals surface area contributed by atoms with Crippen molar-refractivity contribution in [2.75, 3.05) is 5.75 Å². The zero-order chi connectivity index (χ0) is 16.1. The molecular weight excluding hydrogens is 315 g/mol. The molecule has 0 rings (SSSR count). The molecular formula is C15H29NaO5S. The molecule has 0 heterocycles. The average molecular weight is 344 g/mol. The number of aliphatic carboxylic acids is 1. The van der Waals surface area contributed by atoms with Gasteiger partial charge in [0.25, 0.3) is 10.1 Å². The molecule has 22 heavy (non-hydrogen) atoms. The van der Waals surface area contributed by atoms with Gasteiger partial charge >= 0.3 is 29.6 Å². The summed E-state index contributed by atoms with van der Waals surface area (Å²) in [6.45, 7) is 2.18. The third-order valence-corrected chi connectivity index (χ3v) is 4.50. The van der Waals surface area contributed by atoms with Gasteiger partial charge in [-0.25, -0.2) is 0 Å². The number of carbonyl (C=O) groups is 1. The van der Waals surface area contributed by atoms with E-state index in [4.69, 9.17) is 4.55 Å². The van der Waals surface area contributed by atoms with Crippen molar-refractivity contribution in [3.63, 3.8) is 0 Å². The molecule has 0 saturated carbocycles. The molecule has 0 amide bonds. The van der Waals surface area contributed by atoms with Crippen LogP contribution in [0.25, 0.3) is 0 Å². The van der Waals surface area contributed by atoms with Gasteiger partial charge in [0.2, 0.25) is 0 Å². The van der Waals surface area contributed by atoms with Crippen LogP contribution in [0.15, 0.2) is 0 Å². The largest absolute Gasteiger partial charge is 1.00 e. The van der Waals surface area contributed by atoms with Crippen molar-refractivity contribution in [2.24, 2.45) is 5.92 Å². The molecule has 0 aliphatic heterocycles. The first-order chi connectivity index (χ1) is 9.87. The van der Waals surface area contributed by atoms with Crippen LogP contribution in [0.2, 0.25) is 0 Å². The Labute approximate surface area is 157 Å². The molecule has 0 bridgehead atoms. The Morgan fingerprint density at radius 3 is 1.86 bits per heavy atom. The fourth-order valence-corrected chi connectivity index (χ4v) is 2.95. The van der Waals surface area contributed by atoms with E-state index in [2.05, 4.69) is 6.92 Å². The molecule has 126 valence electrons. The van der Waals surface area contributed by atoms with Crippen molar-refractivity contribution < 1.29 is 52.4 Å². The molecule has 7 heteroatoms. The molecule has 1 N–H and O–H groups in total. The van der Waals surface area contributed by atoms with E-state index in [9.17, 15) is 18.3 Å². The summed E-state index contributed by atoms with van der Waals surface area (Å²) in [4.78, 5) is 11.0. The van der Waals surface area contributed by atoms with Crippen LogP contribution in [-0.4, -0.2) is 24.7 Å². The number of carboxylic acids is 1. The fourth-order valence-electron chi connectivity index (χ4n) is 2.42. The Kier molecular flexibility index (Phi) is 16.7. The fraction of sp³-hybridized carbons (Fsp3) is 0.933. The zero-order valence-electron chi connectivity index (χ0n) is 14.1. The number of rotatable bonds is 14. The predicted octanol–water partition coefficient (Wildman–Crippen LogP) is -0.445. The Morgan fingerprint density at radius 2 is 1.41 bits per heavy atom. The van der Waals surface area contributed by atoms with Crippen LogP contribution < -0.4 is 34.7 Å². The number of carbonyl (C=O) groups excluding carboxylic acids is 1. The van der Waals surface area contributed by atoms with Gasteiger partial charge < -0.3 is 9.90 Å². The standard InChI is InChI=1S/C15H30O5S.Na/c1-2-3-4-5-6-7-8-9-11-14(15(16)17)12-10-13-21(18,19)20;/h14H,2-13H2,1H3,(H,16,17)(H,18,19,20);/q;+1/p-1. The maximum absolute atomic E-state index is 11.0. The molecule has 0 fully saturated rings. The van der Waals surface area contributed by atoms with Crippen molar-refractivity contribution in [1.82, 2.24) is 0 Å². The van der Waals surface area contributed by atoms with Crippen molar-refractivity contribution in [3.8, 4) is 0 Å². The van der Waals surface area contributed by atoms with Crippen molar-refractivity contribution >= 4 is 16.1 Å². The number of carboxylic acid groups (broad SMARTS) is 1. The Bertz CT molecular complexity index is 370. The minimum absolute atomic E-state index is 0. The van der Waals surface area contributed by atoms with Crippen LogP contribution in [0.5, 0.6) is 0 Å². The van der Waals surface area contributed by atoms with Gasteiger partial charge in [0.05, 0.1) is 5.75 Å². The summed E-state index contributed by atoms with van der Waals surface area (Å²) in [6, 6.07) is 0. The normalized spacial score (nSPS) is 12.6. The van der Waals surface area contributed by atoms with E-state index < -0.39 is 22.0 Å². The van der Waals surface area contributed by atoms with Crippen LogP contribution >= 0.6 is 0 Å². The van der Waals surface area contributed by atoms with E-state index in [1.165, 1.54) is 32.1 Å². The van der Waals surface area contributed by atoms with Crippen molar-refractivity contribution in [1.29, 1.82) is 0 Å². The first kappa shape index (κ1) is 24.6. The van der Waals surface area contributed by atoms with Gasteiger partial charge in [-0.3, -0.25) is 4.55 Å². The van der Waals surface area contributed by atoms with E-state index in [1.54, 1.807) is 0 Å².